The molecule has 34 heavy (non-hydrogen) atoms. The molecule has 0 bridgehead atoms. The number of carboxylic acids is 1. The number of nitrogens with two attached hydrogens (primary N) is 3. The summed E-state index contributed by atoms with van der Waals surface area (Å²) < 4.78 is 0. The fourth-order valence-electron chi connectivity index (χ4n) is 2.76. The average molecular weight is 498 g/mol. The summed E-state index contributed by atoms with van der Waals surface area (Å²) in [6.07, 6.45) is 0.724. The number of phenolic OH excluding ortho intramolecular Hbond substituents is 1. The van der Waals surface area contributed by atoms with Crippen LogP contribution in [0.1, 0.15) is 18.4 Å². The molecule has 13 nitrogen and oxygen atoms in total. The molecule has 1 aromatic carbocycles. The summed E-state index contributed by atoms with van der Waals surface area (Å²) in [4.78, 5) is 52.2. The number of phenols is 1. The highest BCUT2D eigenvalue weighted by atomic mass is 32.1. The zero-order valence-corrected chi connectivity index (χ0v) is 19.3. The molecule has 3 atom stereocenters. The summed E-state index contributed by atoms with van der Waals surface area (Å²) in [5.41, 5.74) is 16.9. The van der Waals surface area contributed by atoms with E-state index >= 15 is 0 Å². The first-order valence-electron chi connectivity index (χ1n) is 10.3. The van der Waals surface area contributed by atoms with E-state index in [-0.39, 0.29) is 30.3 Å². The van der Waals surface area contributed by atoms with Crippen molar-refractivity contribution in [2.45, 2.75) is 37.4 Å². The van der Waals surface area contributed by atoms with Crippen molar-refractivity contribution >= 4 is 42.3 Å². The van der Waals surface area contributed by atoms with Crippen LogP contribution in [0.25, 0.3) is 0 Å². The molecule has 3 amide bonds. The molecule has 0 aliphatic rings. The van der Waals surface area contributed by atoms with Crippen molar-refractivity contribution in [1.29, 1.82) is 0 Å². The Bertz CT molecular complexity index is 877. The first-order chi connectivity index (χ1) is 16.0. The van der Waals surface area contributed by atoms with Gasteiger partial charge in [-0.1, -0.05) is 12.1 Å². The van der Waals surface area contributed by atoms with Gasteiger partial charge in [-0.2, -0.15) is 12.6 Å². The van der Waals surface area contributed by atoms with Crippen molar-refractivity contribution in [1.82, 2.24) is 16.0 Å². The smallest absolute Gasteiger partial charge is 0.322 e. The Kier molecular flexibility index (Phi) is 12.2. The molecule has 14 heteroatoms. The number of thiol groups is 1. The topological polar surface area (TPSA) is 235 Å². The molecule has 0 radical (unpaired) electrons. The first-order valence-corrected chi connectivity index (χ1v) is 11.0. The molecule has 188 valence electrons. The molecule has 11 N–H and O–H groups in total. The third kappa shape index (κ3) is 10.9. The number of nitrogens with one attached hydrogen (secondary N) is 3. The largest absolute Gasteiger partial charge is 0.508 e. The van der Waals surface area contributed by atoms with Gasteiger partial charge in [-0.25, -0.2) is 0 Å². The minimum atomic E-state index is -1.25. The zero-order valence-electron chi connectivity index (χ0n) is 18.4. The van der Waals surface area contributed by atoms with Crippen LogP contribution in [0.3, 0.4) is 0 Å². The number of aromatic hydroxyl groups is 1. The van der Waals surface area contributed by atoms with Crippen LogP contribution in [0, 0.1) is 0 Å². The fraction of sp³-hybridized carbons (Fsp3) is 0.450. The van der Waals surface area contributed by atoms with E-state index < -0.39 is 48.4 Å². The van der Waals surface area contributed by atoms with Crippen LogP contribution in [0.5, 0.6) is 5.75 Å². The lowest BCUT2D eigenvalue weighted by atomic mass is 10.0. The molecule has 0 fully saturated rings. The van der Waals surface area contributed by atoms with E-state index in [0.29, 0.717) is 18.5 Å². The Morgan fingerprint density at radius 3 is 2.18 bits per heavy atom. The highest BCUT2D eigenvalue weighted by molar-refractivity contribution is 7.80. The van der Waals surface area contributed by atoms with Crippen LogP contribution in [0.2, 0.25) is 0 Å². The number of carbonyl (C=O) groups is 4. The molecule has 3 unspecified atom stereocenters. The minimum Gasteiger partial charge on any atom is -0.508 e. The average Bonchev–Trinajstić information content (AvgIpc) is 2.78. The van der Waals surface area contributed by atoms with Crippen molar-refractivity contribution in [3.63, 3.8) is 0 Å². The lowest BCUT2D eigenvalue weighted by Crippen LogP contribution is -2.57. The number of hydrogen-bond donors (Lipinski definition) is 9. The minimum absolute atomic E-state index is 0.00894. The zero-order chi connectivity index (χ0) is 25.7. The number of aliphatic carboxylic acids is 1. The number of guanidine groups is 1. The van der Waals surface area contributed by atoms with E-state index in [9.17, 15) is 24.3 Å². The van der Waals surface area contributed by atoms with Gasteiger partial charge in [0.15, 0.2) is 5.96 Å². The number of rotatable bonds is 14. The predicted molar refractivity (Wildman–Crippen MR) is 128 cm³/mol. The van der Waals surface area contributed by atoms with E-state index in [1.807, 2.05) is 0 Å². The molecular formula is C20H31N7O6S. The van der Waals surface area contributed by atoms with Crippen molar-refractivity contribution in [3.05, 3.63) is 29.8 Å². The van der Waals surface area contributed by atoms with Crippen LogP contribution in [-0.4, -0.2) is 76.8 Å². The second kappa shape index (κ2) is 14.6. The van der Waals surface area contributed by atoms with Crippen molar-refractivity contribution < 1.29 is 29.4 Å². The van der Waals surface area contributed by atoms with E-state index in [4.69, 9.17) is 22.3 Å². The van der Waals surface area contributed by atoms with Crippen LogP contribution >= 0.6 is 12.6 Å². The molecule has 0 aliphatic heterocycles. The Morgan fingerprint density at radius 1 is 1.00 bits per heavy atom. The van der Waals surface area contributed by atoms with Gasteiger partial charge in [0, 0.05) is 18.7 Å². The molecule has 1 rings (SSSR count). The maximum atomic E-state index is 12.8. The molecule has 0 saturated heterocycles. The number of carboxylic acid groups (broad SMARTS) is 1. The van der Waals surface area contributed by atoms with E-state index in [1.165, 1.54) is 12.1 Å². The highest BCUT2D eigenvalue weighted by Crippen LogP contribution is 2.11. The van der Waals surface area contributed by atoms with Crippen molar-refractivity contribution in [3.8, 4) is 5.75 Å². The van der Waals surface area contributed by atoms with Crippen LogP contribution in [-0.2, 0) is 25.6 Å². The molecular weight excluding hydrogens is 466 g/mol. The van der Waals surface area contributed by atoms with Gasteiger partial charge in [0.25, 0.3) is 0 Å². The monoisotopic (exact) mass is 497 g/mol. The molecule has 0 aliphatic carbocycles. The van der Waals surface area contributed by atoms with E-state index in [0.717, 1.165) is 0 Å². The summed E-state index contributed by atoms with van der Waals surface area (Å²) in [6.45, 7) is -0.341. The number of aliphatic imine (C=N–C) groups is 1. The van der Waals surface area contributed by atoms with Crippen LogP contribution in [0.15, 0.2) is 29.3 Å². The van der Waals surface area contributed by atoms with Gasteiger partial charge in [0.1, 0.15) is 24.4 Å². The van der Waals surface area contributed by atoms with Crippen LogP contribution < -0.4 is 33.2 Å². The van der Waals surface area contributed by atoms with Gasteiger partial charge in [0.2, 0.25) is 17.7 Å². The standard InChI is InChI=1S/C20H31N7O6S/c21-13(2-1-7-24-20(22)23)17(31)27-15(10-34)19(33)26-14(18(32)25-9-16(29)30)8-11-3-5-12(28)6-4-11/h3-6,13-15,28,34H,1-2,7-10,21H2,(H,25,32)(H,26,33)(H,27,31)(H,29,30)(H4,22,23,24). The maximum absolute atomic E-state index is 12.8. The van der Waals surface area contributed by atoms with E-state index in [2.05, 4.69) is 33.6 Å². The normalized spacial score (nSPS) is 13.1. The SMILES string of the molecule is NC(N)=NCCCC(N)C(=O)NC(CS)C(=O)NC(Cc1ccc(O)cc1)C(=O)NCC(=O)O. The van der Waals surface area contributed by atoms with Crippen molar-refractivity contribution in [2.75, 3.05) is 18.8 Å². The molecule has 0 heterocycles. The van der Waals surface area contributed by atoms with Gasteiger partial charge >= 0.3 is 5.97 Å². The molecule has 0 spiro atoms. The third-order valence-electron chi connectivity index (χ3n) is 4.54. The summed E-state index contributed by atoms with van der Waals surface area (Å²) in [5.74, 6) is -3.41. The van der Waals surface area contributed by atoms with Gasteiger partial charge in [-0.05, 0) is 30.5 Å². The van der Waals surface area contributed by atoms with Gasteiger partial charge in [0.05, 0.1) is 6.04 Å². The Labute approximate surface area is 201 Å². The van der Waals surface area contributed by atoms with Crippen molar-refractivity contribution in [2.24, 2.45) is 22.2 Å². The number of nitrogens with zero attached hydrogens (tertiary/aromatic N) is 1. The number of hydrogen-bond acceptors (Lipinski definition) is 8. The maximum Gasteiger partial charge on any atom is 0.322 e. The van der Waals surface area contributed by atoms with Gasteiger partial charge in [-0.15, -0.1) is 0 Å². The Morgan fingerprint density at radius 2 is 1.62 bits per heavy atom. The van der Waals surface area contributed by atoms with Gasteiger partial charge in [-0.3, -0.25) is 24.2 Å². The second-order valence-electron chi connectivity index (χ2n) is 7.34. The molecule has 1 aromatic rings. The fourth-order valence-corrected chi connectivity index (χ4v) is 3.02. The summed E-state index contributed by atoms with van der Waals surface area (Å²) in [7, 11) is 0. The quantitative estimate of drug-likeness (QED) is 0.0567. The lowest BCUT2D eigenvalue weighted by molar-refractivity contribution is -0.138. The third-order valence-corrected chi connectivity index (χ3v) is 4.91. The van der Waals surface area contributed by atoms with Crippen LogP contribution in [0.4, 0.5) is 0 Å². The van der Waals surface area contributed by atoms with E-state index in [1.54, 1.807) is 12.1 Å². The summed E-state index contributed by atoms with van der Waals surface area (Å²) in [6, 6.07) is 2.76. The Balaban J connectivity index is 2.80. The number of amides is 3. The predicted octanol–water partition coefficient (Wildman–Crippen LogP) is -2.58. The number of carbonyl (C=O) groups excluding carboxylic acids is 3. The Hall–Kier alpha value is -3.52. The van der Waals surface area contributed by atoms with Gasteiger partial charge < -0.3 is 43.4 Å². The number of benzene rings is 1. The first kappa shape index (κ1) is 28.5. The lowest BCUT2D eigenvalue weighted by Gasteiger charge is -2.23. The highest BCUT2D eigenvalue weighted by Gasteiger charge is 2.27. The molecule has 0 saturated carbocycles. The summed E-state index contributed by atoms with van der Waals surface area (Å²) >= 11 is 4.09. The molecule has 0 aromatic heterocycles. The summed E-state index contributed by atoms with van der Waals surface area (Å²) in [5, 5.41) is 25.4. The second-order valence-corrected chi connectivity index (χ2v) is 7.71.